The highest BCUT2D eigenvalue weighted by molar-refractivity contribution is 6.33. The summed E-state index contributed by atoms with van der Waals surface area (Å²) in [5, 5.41) is 5.36. The van der Waals surface area contributed by atoms with Crippen molar-refractivity contribution in [3.05, 3.63) is 58.8 Å². The smallest absolute Gasteiger partial charge is 0.339 e. The molecule has 30 heavy (non-hydrogen) atoms. The molecule has 1 saturated carbocycles. The van der Waals surface area contributed by atoms with Gasteiger partial charge in [-0.15, -0.1) is 0 Å². The fourth-order valence-electron chi connectivity index (χ4n) is 4.64. The summed E-state index contributed by atoms with van der Waals surface area (Å²) in [6, 6.07) is 8.25. The second-order valence-electron chi connectivity index (χ2n) is 7.62. The molecule has 2 amide bonds. The van der Waals surface area contributed by atoms with E-state index in [1.54, 1.807) is 30.3 Å². The molecule has 4 atom stereocenters. The van der Waals surface area contributed by atoms with Crippen LogP contribution in [0.1, 0.15) is 22.5 Å². The van der Waals surface area contributed by atoms with Crippen LogP contribution in [0.4, 0.5) is 0 Å². The normalized spacial score (nSPS) is 26.8. The van der Waals surface area contributed by atoms with Crippen LogP contribution in [0.5, 0.6) is 0 Å². The third kappa shape index (κ3) is 2.81. The van der Waals surface area contributed by atoms with E-state index in [0.29, 0.717) is 17.1 Å². The van der Waals surface area contributed by atoms with Gasteiger partial charge in [0.1, 0.15) is 11.5 Å². The number of halogens is 1. The first-order chi connectivity index (χ1) is 14.5. The maximum absolute atomic E-state index is 12.7. The van der Waals surface area contributed by atoms with Crippen LogP contribution in [0.15, 0.2) is 52.0 Å². The Morgan fingerprint density at radius 1 is 1.17 bits per heavy atom. The molecule has 3 aliphatic rings. The van der Waals surface area contributed by atoms with Gasteiger partial charge in [-0.2, -0.15) is 10.1 Å². The largest absolute Gasteiger partial charge is 0.465 e. The third-order valence-electron chi connectivity index (χ3n) is 6.03. The SMILES string of the molecule is COC(=O)c1cc(-c2ccc(C=NN3C(=O)C4C5C=CC(C5)C4C3=O)o2)ccc1Cl. The molecular weight excluding hydrogens is 408 g/mol. The number of methoxy groups -OCH3 is 1. The Hall–Kier alpha value is -3.19. The number of benzene rings is 1. The summed E-state index contributed by atoms with van der Waals surface area (Å²) < 4.78 is 10.5. The van der Waals surface area contributed by atoms with Crippen molar-refractivity contribution in [2.45, 2.75) is 6.42 Å². The first kappa shape index (κ1) is 18.8. The minimum Gasteiger partial charge on any atom is -0.465 e. The van der Waals surface area contributed by atoms with Crippen LogP contribution in [0.25, 0.3) is 11.3 Å². The Kier molecular flexibility index (Phi) is 4.36. The number of rotatable bonds is 4. The van der Waals surface area contributed by atoms with E-state index in [9.17, 15) is 14.4 Å². The summed E-state index contributed by atoms with van der Waals surface area (Å²) >= 11 is 6.05. The van der Waals surface area contributed by atoms with Gasteiger partial charge in [0.2, 0.25) is 0 Å². The van der Waals surface area contributed by atoms with Crippen LogP contribution >= 0.6 is 11.6 Å². The van der Waals surface area contributed by atoms with E-state index in [-0.39, 0.29) is 46.1 Å². The number of hydrogen-bond acceptors (Lipinski definition) is 6. The predicted molar refractivity (Wildman–Crippen MR) is 108 cm³/mol. The van der Waals surface area contributed by atoms with Gasteiger partial charge in [-0.25, -0.2) is 4.79 Å². The number of amides is 2. The molecule has 4 unspecified atom stereocenters. The molecular formula is C22H17ClN2O5. The monoisotopic (exact) mass is 424 g/mol. The molecule has 8 heteroatoms. The van der Waals surface area contributed by atoms with Gasteiger partial charge in [0, 0.05) is 5.56 Å². The number of allylic oxidation sites excluding steroid dienone is 2. The quantitative estimate of drug-likeness (QED) is 0.324. The van der Waals surface area contributed by atoms with E-state index in [0.717, 1.165) is 11.4 Å². The lowest BCUT2D eigenvalue weighted by molar-refractivity contribution is -0.140. The van der Waals surface area contributed by atoms with E-state index in [2.05, 4.69) is 5.10 Å². The Morgan fingerprint density at radius 3 is 2.53 bits per heavy atom. The molecule has 2 fully saturated rings. The average molecular weight is 425 g/mol. The summed E-state index contributed by atoms with van der Waals surface area (Å²) in [6.45, 7) is 0. The highest BCUT2D eigenvalue weighted by Gasteiger charge is 2.59. The van der Waals surface area contributed by atoms with Crippen molar-refractivity contribution < 1.29 is 23.5 Å². The lowest BCUT2D eigenvalue weighted by atomic mass is 9.85. The molecule has 1 aromatic carbocycles. The number of hydrazone groups is 1. The van der Waals surface area contributed by atoms with Gasteiger partial charge < -0.3 is 9.15 Å². The van der Waals surface area contributed by atoms with Gasteiger partial charge in [0.15, 0.2) is 0 Å². The number of hydrogen-bond donors (Lipinski definition) is 0. The molecule has 2 bridgehead atoms. The fraction of sp³-hybridized carbons (Fsp3) is 0.273. The van der Waals surface area contributed by atoms with Gasteiger partial charge in [-0.1, -0.05) is 23.8 Å². The maximum Gasteiger partial charge on any atom is 0.339 e. The van der Waals surface area contributed by atoms with Crippen molar-refractivity contribution in [3.63, 3.8) is 0 Å². The van der Waals surface area contributed by atoms with Gasteiger partial charge in [0.05, 0.1) is 35.7 Å². The second kappa shape index (κ2) is 6.95. The van der Waals surface area contributed by atoms with Crippen molar-refractivity contribution in [3.8, 4) is 11.3 Å². The minimum atomic E-state index is -0.546. The Morgan fingerprint density at radius 2 is 1.87 bits per heavy atom. The van der Waals surface area contributed by atoms with E-state index in [1.807, 2.05) is 12.2 Å². The van der Waals surface area contributed by atoms with Crippen LogP contribution in [-0.4, -0.2) is 36.1 Å². The van der Waals surface area contributed by atoms with E-state index in [1.165, 1.54) is 13.3 Å². The van der Waals surface area contributed by atoms with Gasteiger partial charge in [0.25, 0.3) is 11.8 Å². The average Bonchev–Trinajstić information content (AvgIpc) is 3.52. The van der Waals surface area contributed by atoms with Gasteiger partial charge in [-0.05, 0) is 48.6 Å². The molecule has 0 spiro atoms. The number of carbonyl (C=O) groups excluding carboxylic acids is 3. The van der Waals surface area contributed by atoms with Crippen LogP contribution in [0.2, 0.25) is 5.02 Å². The molecule has 2 aromatic rings. The first-order valence-electron chi connectivity index (χ1n) is 9.56. The van der Waals surface area contributed by atoms with Gasteiger partial charge >= 0.3 is 5.97 Å². The number of furan rings is 1. The zero-order chi connectivity index (χ0) is 21.0. The molecule has 2 heterocycles. The number of imide groups is 1. The molecule has 1 saturated heterocycles. The van der Waals surface area contributed by atoms with Crippen LogP contribution in [-0.2, 0) is 14.3 Å². The first-order valence-corrected chi connectivity index (χ1v) is 9.94. The Bertz CT molecular complexity index is 1100. The number of fused-ring (bicyclic) bond motifs is 5. The number of ether oxygens (including phenoxy) is 1. The van der Waals surface area contributed by atoms with Crippen molar-refractivity contribution in [2.75, 3.05) is 7.11 Å². The summed E-state index contributed by atoms with van der Waals surface area (Å²) in [7, 11) is 1.28. The minimum absolute atomic E-state index is 0.140. The van der Waals surface area contributed by atoms with E-state index in [4.69, 9.17) is 20.8 Å². The van der Waals surface area contributed by atoms with E-state index < -0.39 is 5.97 Å². The number of carbonyl (C=O) groups is 3. The molecule has 0 radical (unpaired) electrons. The molecule has 5 rings (SSSR count). The van der Waals surface area contributed by atoms with Crippen molar-refractivity contribution >= 4 is 35.6 Å². The summed E-state index contributed by atoms with van der Waals surface area (Å²) in [6.07, 6.45) is 6.31. The van der Waals surface area contributed by atoms with Crippen molar-refractivity contribution in [2.24, 2.45) is 28.8 Å². The Labute approximate surface area is 176 Å². The Balaban J connectivity index is 1.36. The van der Waals surface area contributed by atoms with Crippen LogP contribution < -0.4 is 0 Å². The summed E-state index contributed by atoms with van der Waals surface area (Å²) in [4.78, 5) is 37.2. The van der Waals surface area contributed by atoms with Crippen LogP contribution in [0, 0.1) is 23.7 Å². The summed E-state index contributed by atoms with van der Waals surface area (Å²) in [5.74, 6) is -0.479. The summed E-state index contributed by atoms with van der Waals surface area (Å²) in [5.41, 5.74) is 0.858. The van der Waals surface area contributed by atoms with Crippen LogP contribution in [0.3, 0.4) is 0 Å². The highest BCUT2D eigenvalue weighted by Crippen LogP contribution is 2.52. The standard InChI is InChI=1S/C22H17ClN2O5/c1-29-22(28)15-9-11(4-6-16(15)23)17-7-5-14(30-17)10-24-25-20(26)18-12-2-3-13(8-12)19(18)21(25)27/h2-7,9-10,12-13,18-19H,8H2,1H3. The zero-order valence-corrected chi connectivity index (χ0v) is 16.7. The number of esters is 1. The predicted octanol–water partition coefficient (Wildman–Crippen LogP) is 3.53. The molecule has 2 aliphatic carbocycles. The van der Waals surface area contributed by atoms with Crippen molar-refractivity contribution in [1.29, 1.82) is 0 Å². The third-order valence-corrected chi connectivity index (χ3v) is 6.36. The topological polar surface area (TPSA) is 89.2 Å². The van der Waals surface area contributed by atoms with Crippen molar-refractivity contribution in [1.82, 2.24) is 5.01 Å². The number of nitrogens with zero attached hydrogens (tertiary/aromatic N) is 2. The maximum atomic E-state index is 12.7. The van der Waals surface area contributed by atoms with Gasteiger partial charge in [-0.3, -0.25) is 9.59 Å². The molecule has 1 aromatic heterocycles. The molecule has 152 valence electrons. The zero-order valence-electron chi connectivity index (χ0n) is 15.9. The van der Waals surface area contributed by atoms with E-state index >= 15 is 0 Å². The molecule has 7 nitrogen and oxygen atoms in total. The molecule has 0 N–H and O–H groups in total. The lowest BCUT2D eigenvalue weighted by Gasteiger charge is -2.13. The molecule has 1 aliphatic heterocycles. The highest BCUT2D eigenvalue weighted by atomic mass is 35.5. The fourth-order valence-corrected chi connectivity index (χ4v) is 4.83. The second-order valence-corrected chi connectivity index (χ2v) is 8.03. The lowest BCUT2D eigenvalue weighted by Crippen LogP contribution is -2.28.